The Kier molecular flexibility index (Phi) is 2.43. The summed E-state index contributed by atoms with van der Waals surface area (Å²) >= 11 is 0. The van der Waals surface area contributed by atoms with E-state index in [1.807, 2.05) is 0 Å². The van der Waals surface area contributed by atoms with Crippen molar-refractivity contribution < 1.29 is 31.1 Å². The van der Waals surface area contributed by atoms with Crippen molar-refractivity contribution in [1.29, 1.82) is 0 Å². The first-order chi connectivity index (χ1) is 7.70. The lowest BCUT2D eigenvalue weighted by Crippen LogP contribution is -2.46. The minimum Gasteiger partial charge on any atom is -0.344 e. The molecule has 1 aromatic carbocycles. The van der Waals surface area contributed by atoms with Gasteiger partial charge < -0.3 is 4.74 Å². The Morgan fingerprint density at radius 2 is 1.35 bits per heavy atom. The summed E-state index contributed by atoms with van der Waals surface area (Å²) < 4.78 is 78.9. The van der Waals surface area contributed by atoms with Gasteiger partial charge >= 0.3 is 12.4 Å². The van der Waals surface area contributed by atoms with Crippen LogP contribution in [0.1, 0.15) is 11.7 Å². The van der Waals surface area contributed by atoms with E-state index >= 15 is 0 Å². The molecule has 2 rings (SSSR count). The summed E-state index contributed by atoms with van der Waals surface area (Å²) in [6.07, 6.45) is -13.0. The maximum atomic E-state index is 12.5. The van der Waals surface area contributed by atoms with Crippen LogP contribution in [-0.2, 0) is 4.74 Å². The molecule has 1 aliphatic rings. The summed E-state index contributed by atoms with van der Waals surface area (Å²) in [5.41, 5.74) is -4.19. The highest BCUT2D eigenvalue weighted by atomic mass is 19.4. The van der Waals surface area contributed by atoms with Crippen molar-refractivity contribution in [2.45, 2.75) is 24.1 Å². The Labute approximate surface area is 92.0 Å². The van der Waals surface area contributed by atoms with Crippen molar-refractivity contribution in [3.63, 3.8) is 0 Å². The van der Waals surface area contributed by atoms with E-state index in [2.05, 4.69) is 4.74 Å². The van der Waals surface area contributed by atoms with Gasteiger partial charge in [0.05, 0.1) is 0 Å². The fourth-order valence-corrected chi connectivity index (χ4v) is 1.67. The Morgan fingerprint density at radius 1 is 0.882 bits per heavy atom. The summed E-state index contributed by atoms with van der Waals surface area (Å²) in [4.78, 5) is 0. The number of halogens is 6. The second-order valence-corrected chi connectivity index (χ2v) is 3.64. The van der Waals surface area contributed by atoms with E-state index in [0.717, 1.165) is 0 Å². The molecule has 0 radical (unpaired) electrons. The van der Waals surface area contributed by atoms with Gasteiger partial charge in [0.1, 0.15) is 6.10 Å². The normalized spacial score (nSPS) is 23.5. The van der Waals surface area contributed by atoms with Gasteiger partial charge in [0, 0.05) is 0 Å². The van der Waals surface area contributed by atoms with Crippen LogP contribution in [0.4, 0.5) is 26.3 Å². The van der Waals surface area contributed by atoms with Crippen LogP contribution < -0.4 is 0 Å². The van der Waals surface area contributed by atoms with Gasteiger partial charge in [-0.05, 0) is 5.56 Å². The van der Waals surface area contributed by atoms with Crippen LogP contribution in [0.5, 0.6) is 0 Å². The average molecular weight is 256 g/mol. The van der Waals surface area contributed by atoms with Gasteiger partial charge in [0.25, 0.3) is 5.60 Å². The molecule has 94 valence electrons. The van der Waals surface area contributed by atoms with Gasteiger partial charge in [-0.25, -0.2) is 0 Å². The van der Waals surface area contributed by atoms with Crippen LogP contribution >= 0.6 is 0 Å². The summed E-state index contributed by atoms with van der Waals surface area (Å²) in [7, 11) is 0. The minimum absolute atomic E-state index is 0.137. The second kappa shape index (κ2) is 3.38. The smallest absolute Gasteiger partial charge is 0.344 e. The molecule has 1 aromatic rings. The summed E-state index contributed by atoms with van der Waals surface area (Å²) in [5, 5.41) is 0. The van der Waals surface area contributed by atoms with Gasteiger partial charge in [-0.2, -0.15) is 26.3 Å². The minimum atomic E-state index is -5.48. The molecule has 1 atom stereocenters. The highest BCUT2D eigenvalue weighted by Crippen LogP contribution is 2.65. The molecule has 0 spiro atoms. The molecular formula is C10H6F6O. The standard InChI is InChI=1S/C10H6F6O/c11-9(12,13)8(10(14,15)16)7(17-8)6-4-2-1-3-5-6/h1-5,7H/t7-/m0/s1. The maximum absolute atomic E-state index is 12.5. The third-order valence-electron chi connectivity index (χ3n) is 2.56. The molecule has 0 aliphatic carbocycles. The van der Waals surface area contributed by atoms with E-state index in [-0.39, 0.29) is 5.56 Å². The Morgan fingerprint density at radius 3 is 1.71 bits per heavy atom. The zero-order valence-electron chi connectivity index (χ0n) is 8.14. The first kappa shape index (κ1) is 12.2. The van der Waals surface area contributed by atoms with Gasteiger partial charge in [-0.15, -0.1) is 0 Å². The summed E-state index contributed by atoms with van der Waals surface area (Å²) in [6.45, 7) is 0. The highest BCUT2D eigenvalue weighted by molar-refractivity contribution is 5.29. The van der Waals surface area contributed by atoms with Crippen LogP contribution in [0.25, 0.3) is 0 Å². The lowest BCUT2D eigenvalue weighted by Gasteiger charge is -2.19. The van der Waals surface area contributed by atoms with E-state index in [0.29, 0.717) is 0 Å². The lowest BCUT2D eigenvalue weighted by atomic mass is 9.98. The van der Waals surface area contributed by atoms with Crippen molar-refractivity contribution in [3.05, 3.63) is 35.9 Å². The van der Waals surface area contributed by atoms with Crippen LogP contribution in [0.3, 0.4) is 0 Å². The van der Waals surface area contributed by atoms with E-state index in [1.165, 1.54) is 30.3 Å². The van der Waals surface area contributed by atoms with Crippen LogP contribution in [0.2, 0.25) is 0 Å². The molecule has 0 aromatic heterocycles. The summed E-state index contributed by atoms with van der Waals surface area (Å²) in [6, 6.07) is 6.55. The number of benzene rings is 1. The maximum Gasteiger partial charge on any atom is 0.429 e. The molecule has 1 aliphatic heterocycles. The van der Waals surface area contributed by atoms with E-state index in [9.17, 15) is 26.3 Å². The molecule has 1 fully saturated rings. The number of hydrogen-bond acceptors (Lipinski definition) is 1. The van der Waals surface area contributed by atoms with Crippen molar-refractivity contribution in [2.24, 2.45) is 0 Å². The quantitative estimate of drug-likeness (QED) is 0.552. The van der Waals surface area contributed by atoms with Crippen LogP contribution in [-0.4, -0.2) is 18.0 Å². The lowest BCUT2D eigenvalue weighted by molar-refractivity contribution is -0.292. The Bertz CT molecular complexity index is 393. The second-order valence-electron chi connectivity index (χ2n) is 3.64. The predicted octanol–water partition coefficient (Wildman–Crippen LogP) is 3.62. The Balaban J connectivity index is 2.38. The molecule has 7 heteroatoms. The molecule has 17 heavy (non-hydrogen) atoms. The van der Waals surface area contributed by atoms with Crippen molar-refractivity contribution in [1.82, 2.24) is 0 Å². The first-order valence-electron chi connectivity index (χ1n) is 4.56. The van der Waals surface area contributed by atoms with Crippen molar-refractivity contribution in [3.8, 4) is 0 Å². The highest BCUT2D eigenvalue weighted by Gasteiger charge is 2.86. The Hall–Kier alpha value is -1.24. The molecule has 0 bridgehead atoms. The van der Waals surface area contributed by atoms with Crippen LogP contribution in [0.15, 0.2) is 30.3 Å². The van der Waals surface area contributed by atoms with Crippen molar-refractivity contribution in [2.75, 3.05) is 0 Å². The average Bonchev–Trinajstić information content (AvgIpc) is 2.93. The van der Waals surface area contributed by atoms with E-state index < -0.39 is 24.1 Å². The number of epoxide rings is 1. The van der Waals surface area contributed by atoms with Gasteiger partial charge in [0.2, 0.25) is 0 Å². The number of ether oxygens (including phenoxy) is 1. The molecule has 1 saturated heterocycles. The predicted molar refractivity (Wildman–Crippen MR) is 45.1 cm³/mol. The molecule has 0 amide bonds. The SMILES string of the molecule is FC(F)(F)C1(C(F)(F)F)O[C@H]1c1ccccc1. The number of rotatable bonds is 1. The zero-order valence-corrected chi connectivity index (χ0v) is 8.14. The van der Waals surface area contributed by atoms with Gasteiger partial charge in [-0.3, -0.25) is 0 Å². The fraction of sp³-hybridized carbons (Fsp3) is 0.400. The van der Waals surface area contributed by atoms with Gasteiger partial charge in [-0.1, -0.05) is 30.3 Å². The van der Waals surface area contributed by atoms with E-state index in [1.54, 1.807) is 0 Å². The fourth-order valence-electron chi connectivity index (χ4n) is 1.67. The number of alkyl halides is 6. The van der Waals surface area contributed by atoms with Crippen molar-refractivity contribution >= 4 is 0 Å². The molecule has 0 N–H and O–H groups in total. The molecule has 0 saturated carbocycles. The van der Waals surface area contributed by atoms with Gasteiger partial charge in [0.15, 0.2) is 0 Å². The largest absolute Gasteiger partial charge is 0.429 e. The monoisotopic (exact) mass is 256 g/mol. The van der Waals surface area contributed by atoms with E-state index in [4.69, 9.17) is 0 Å². The third kappa shape index (κ3) is 1.69. The molecular weight excluding hydrogens is 250 g/mol. The summed E-state index contributed by atoms with van der Waals surface area (Å²) in [5.74, 6) is 0. The topological polar surface area (TPSA) is 12.5 Å². The third-order valence-corrected chi connectivity index (χ3v) is 2.56. The number of hydrogen-bond donors (Lipinski definition) is 0. The first-order valence-corrected chi connectivity index (χ1v) is 4.56. The zero-order chi connectivity index (χ0) is 12.9. The molecule has 1 heterocycles. The molecule has 0 unspecified atom stereocenters. The van der Waals surface area contributed by atoms with Crippen LogP contribution in [0, 0.1) is 0 Å². The molecule has 1 nitrogen and oxygen atoms in total.